The van der Waals surface area contributed by atoms with Crippen LogP contribution < -0.4 is 5.32 Å². The molecule has 6 heteroatoms. The summed E-state index contributed by atoms with van der Waals surface area (Å²) >= 11 is 0. The number of rotatable bonds is 4. The molecule has 3 aromatic heterocycles. The number of nitrogens with zero attached hydrogens (tertiary/aromatic N) is 5. The molecule has 0 saturated heterocycles. The second kappa shape index (κ2) is 6.12. The van der Waals surface area contributed by atoms with Gasteiger partial charge in [-0.1, -0.05) is 0 Å². The molecule has 0 aromatic carbocycles. The van der Waals surface area contributed by atoms with E-state index in [0.29, 0.717) is 12.6 Å². The van der Waals surface area contributed by atoms with Crippen LogP contribution in [0.1, 0.15) is 30.7 Å². The molecule has 1 N–H and O–H groups in total. The van der Waals surface area contributed by atoms with E-state index in [9.17, 15) is 0 Å². The second-order valence-corrected chi connectivity index (χ2v) is 6.43. The van der Waals surface area contributed by atoms with E-state index < -0.39 is 0 Å². The smallest absolute Gasteiger partial charge is 0.136 e. The van der Waals surface area contributed by atoms with Crippen LogP contribution in [-0.4, -0.2) is 31.5 Å². The molecule has 126 valence electrons. The lowest BCUT2D eigenvalue weighted by atomic mass is 10.0. The summed E-state index contributed by atoms with van der Waals surface area (Å²) in [6.45, 7) is 4.87. The summed E-state index contributed by atoms with van der Waals surface area (Å²) in [6.07, 6.45) is 5.46. The molecular formula is C19H20N6. The molecule has 0 radical (unpaired) electrons. The second-order valence-electron chi connectivity index (χ2n) is 6.43. The Morgan fingerprint density at radius 3 is 2.68 bits per heavy atom. The van der Waals surface area contributed by atoms with Crippen molar-refractivity contribution >= 4 is 11.5 Å². The number of aliphatic imine (C=N–C) groups is 1. The summed E-state index contributed by atoms with van der Waals surface area (Å²) in [5.74, 6) is 0.872. The lowest BCUT2D eigenvalue weighted by Crippen LogP contribution is -2.16. The van der Waals surface area contributed by atoms with Gasteiger partial charge in [-0.2, -0.15) is 5.10 Å². The SMILES string of the molecule is CC(C)Nc1nccc2c1C(c1cc(-c3ccnn3C)ccn1)=NC2. The number of pyridine rings is 2. The van der Waals surface area contributed by atoms with Gasteiger partial charge in [0.25, 0.3) is 0 Å². The van der Waals surface area contributed by atoms with Crippen LogP contribution in [0.5, 0.6) is 0 Å². The Morgan fingerprint density at radius 2 is 1.92 bits per heavy atom. The van der Waals surface area contributed by atoms with Crippen LogP contribution in [0.3, 0.4) is 0 Å². The van der Waals surface area contributed by atoms with Gasteiger partial charge in [0.2, 0.25) is 0 Å². The van der Waals surface area contributed by atoms with Crippen LogP contribution in [-0.2, 0) is 13.6 Å². The van der Waals surface area contributed by atoms with Gasteiger partial charge in [-0.05, 0) is 43.7 Å². The highest BCUT2D eigenvalue weighted by molar-refractivity contribution is 6.17. The van der Waals surface area contributed by atoms with Gasteiger partial charge in [0.15, 0.2) is 0 Å². The zero-order chi connectivity index (χ0) is 17.4. The van der Waals surface area contributed by atoms with E-state index in [1.54, 1.807) is 6.20 Å². The molecule has 0 bridgehead atoms. The molecule has 4 heterocycles. The molecule has 0 aliphatic carbocycles. The van der Waals surface area contributed by atoms with Crippen LogP contribution >= 0.6 is 0 Å². The van der Waals surface area contributed by atoms with Crippen LogP contribution in [0, 0.1) is 0 Å². The first-order valence-corrected chi connectivity index (χ1v) is 8.37. The maximum atomic E-state index is 4.74. The van der Waals surface area contributed by atoms with E-state index in [2.05, 4.69) is 40.3 Å². The molecule has 25 heavy (non-hydrogen) atoms. The third-order valence-electron chi connectivity index (χ3n) is 4.23. The molecule has 0 fully saturated rings. The number of aryl methyl sites for hydroxylation is 1. The van der Waals surface area contributed by atoms with E-state index >= 15 is 0 Å². The Hall–Kier alpha value is -3.02. The number of hydrogen-bond acceptors (Lipinski definition) is 5. The predicted molar refractivity (Wildman–Crippen MR) is 98.8 cm³/mol. The minimum absolute atomic E-state index is 0.301. The molecule has 0 spiro atoms. The monoisotopic (exact) mass is 332 g/mol. The molecule has 0 atom stereocenters. The van der Waals surface area contributed by atoms with Crippen molar-refractivity contribution in [2.24, 2.45) is 12.0 Å². The van der Waals surface area contributed by atoms with Crippen molar-refractivity contribution < 1.29 is 0 Å². The summed E-state index contributed by atoms with van der Waals surface area (Å²) in [5, 5.41) is 7.67. The van der Waals surface area contributed by atoms with E-state index in [0.717, 1.165) is 34.0 Å². The number of nitrogens with one attached hydrogen (secondary N) is 1. The molecule has 0 saturated carbocycles. The summed E-state index contributed by atoms with van der Waals surface area (Å²) in [6, 6.07) is 8.39. The van der Waals surface area contributed by atoms with E-state index in [-0.39, 0.29) is 0 Å². The minimum atomic E-state index is 0.301. The van der Waals surface area contributed by atoms with Crippen molar-refractivity contribution in [1.82, 2.24) is 19.7 Å². The Balaban J connectivity index is 1.78. The highest BCUT2D eigenvalue weighted by atomic mass is 15.3. The van der Waals surface area contributed by atoms with Gasteiger partial charge in [-0.15, -0.1) is 0 Å². The Bertz CT molecular complexity index is 954. The highest BCUT2D eigenvalue weighted by Gasteiger charge is 2.23. The average Bonchev–Trinajstić information content (AvgIpc) is 3.21. The molecule has 0 amide bonds. The van der Waals surface area contributed by atoms with Crippen molar-refractivity contribution in [3.8, 4) is 11.3 Å². The first-order chi connectivity index (χ1) is 12.1. The van der Waals surface area contributed by atoms with Crippen molar-refractivity contribution in [3.05, 3.63) is 59.7 Å². The van der Waals surface area contributed by atoms with Gasteiger partial charge in [0, 0.05) is 42.8 Å². The molecule has 4 rings (SSSR count). The maximum absolute atomic E-state index is 4.74. The maximum Gasteiger partial charge on any atom is 0.136 e. The lowest BCUT2D eigenvalue weighted by Gasteiger charge is -2.14. The topological polar surface area (TPSA) is 68.0 Å². The summed E-state index contributed by atoms with van der Waals surface area (Å²) in [7, 11) is 1.94. The summed E-state index contributed by atoms with van der Waals surface area (Å²) < 4.78 is 1.86. The number of anilines is 1. The molecule has 1 aliphatic heterocycles. The number of hydrogen-bond donors (Lipinski definition) is 1. The molecular weight excluding hydrogens is 312 g/mol. The minimum Gasteiger partial charge on any atom is -0.367 e. The van der Waals surface area contributed by atoms with Gasteiger partial charge in [0.05, 0.1) is 23.6 Å². The van der Waals surface area contributed by atoms with Crippen molar-refractivity contribution in [3.63, 3.8) is 0 Å². The van der Waals surface area contributed by atoms with Gasteiger partial charge < -0.3 is 5.32 Å². The third kappa shape index (κ3) is 2.80. The number of fused-ring (bicyclic) bond motifs is 1. The van der Waals surface area contributed by atoms with Crippen LogP contribution in [0.2, 0.25) is 0 Å². The Labute approximate surface area is 146 Å². The average molecular weight is 332 g/mol. The summed E-state index contributed by atoms with van der Waals surface area (Å²) in [5.41, 5.74) is 6.12. The van der Waals surface area contributed by atoms with Crippen molar-refractivity contribution in [2.75, 3.05) is 5.32 Å². The van der Waals surface area contributed by atoms with Crippen LogP contribution in [0.15, 0.2) is 47.8 Å². The van der Waals surface area contributed by atoms with Gasteiger partial charge in [-0.3, -0.25) is 14.7 Å². The lowest BCUT2D eigenvalue weighted by molar-refractivity contribution is 0.775. The predicted octanol–water partition coefficient (Wildman–Crippen LogP) is 3.05. The Morgan fingerprint density at radius 1 is 1.08 bits per heavy atom. The van der Waals surface area contributed by atoms with E-state index in [1.165, 1.54) is 5.56 Å². The normalized spacial score (nSPS) is 13.0. The summed E-state index contributed by atoms with van der Waals surface area (Å²) in [4.78, 5) is 13.8. The Kier molecular flexibility index (Phi) is 3.80. The zero-order valence-corrected chi connectivity index (χ0v) is 14.6. The molecule has 6 nitrogen and oxygen atoms in total. The van der Waals surface area contributed by atoms with Crippen molar-refractivity contribution in [2.45, 2.75) is 26.4 Å². The van der Waals surface area contributed by atoms with E-state index in [4.69, 9.17) is 4.99 Å². The van der Waals surface area contributed by atoms with Crippen LogP contribution in [0.4, 0.5) is 5.82 Å². The van der Waals surface area contributed by atoms with Crippen LogP contribution in [0.25, 0.3) is 11.3 Å². The third-order valence-corrected chi connectivity index (χ3v) is 4.23. The number of aromatic nitrogens is 4. The standard InChI is InChI=1S/C19H20N6/c1-12(2)24-19-17-14(5-8-21-19)11-22-18(17)15-10-13(4-7-20-15)16-6-9-23-25(16)3/h4-10,12H,11H2,1-3H3,(H,21,24). The first-order valence-electron chi connectivity index (χ1n) is 8.37. The van der Waals surface area contributed by atoms with Gasteiger partial charge in [0.1, 0.15) is 5.82 Å². The van der Waals surface area contributed by atoms with E-state index in [1.807, 2.05) is 42.3 Å². The largest absolute Gasteiger partial charge is 0.367 e. The zero-order valence-electron chi connectivity index (χ0n) is 14.6. The molecule has 0 unspecified atom stereocenters. The van der Waals surface area contributed by atoms with Crippen molar-refractivity contribution in [1.29, 1.82) is 0 Å². The molecule has 1 aliphatic rings. The quantitative estimate of drug-likeness (QED) is 0.797. The molecule has 3 aromatic rings. The van der Waals surface area contributed by atoms with Gasteiger partial charge in [-0.25, -0.2) is 4.98 Å². The fourth-order valence-corrected chi connectivity index (χ4v) is 3.11. The fourth-order valence-electron chi connectivity index (χ4n) is 3.11. The highest BCUT2D eigenvalue weighted by Crippen LogP contribution is 2.29. The first kappa shape index (κ1) is 15.5. The fraction of sp³-hybridized carbons (Fsp3) is 0.263. The van der Waals surface area contributed by atoms with Gasteiger partial charge >= 0.3 is 0 Å².